The lowest BCUT2D eigenvalue weighted by Gasteiger charge is -2.30. The molecule has 0 saturated heterocycles. The number of hydrogen-bond acceptors (Lipinski definition) is 4. The lowest BCUT2D eigenvalue weighted by atomic mass is 10.1. The highest BCUT2D eigenvalue weighted by molar-refractivity contribution is 5.88. The van der Waals surface area contributed by atoms with Crippen molar-refractivity contribution in [2.45, 2.75) is 45.7 Å². The molecule has 0 radical (unpaired) electrons. The van der Waals surface area contributed by atoms with Crippen LogP contribution < -0.4 is 14.8 Å². The van der Waals surface area contributed by atoms with Crippen LogP contribution in [-0.2, 0) is 16.1 Å². The predicted molar refractivity (Wildman–Crippen MR) is 117 cm³/mol. The summed E-state index contributed by atoms with van der Waals surface area (Å²) in [4.78, 5) is 27.3. The van der Waals surface area contributed by atoms with Gasteiger partial charge < -0.3 is 19.7 Å². The second-order valence-corrected chi connectivity index (χ2v) is 7.16. The highest BCUT2D eigenvalue weighted by Gasteiger charge is 2.29. The maximum atomic E-state index is 13.9. The fraction of sp³-hybridized carbons (Fsp3) is 0.417. The number of carbonyl (C=O) groups excluding carboxylic acids is 2. The van der Waals surface area contributed by atoms with Crippen LogP contribution in [-0.4, -0.2) is 43.0 Å². The Morgan fingerprint density at radius 3 is 2.42 bits per heavy atom. The Kier molecular flexibility index (Phi) is 9.81. The van der Waals surface area contributed by atoms with Crippen molar-refractivity contribution in [2.24, 2.45) is 0 Å². The van der Waals surface area contributed by atoms with Crippen LogP contribution in [0.2, 0.25) is 0 Å². The molecule has 2 aromatic rings. The molecule has 0 aliphatic heterocycles. The summed E-state index contributed by atoms with van der Waals surface area (Å²) in [7, 11) is 1.58. The molecule has 168 valence electrons. The summed E-state index contributed by atoms with van der Waals surface area (Å²) in [6.07, 6.45) is 2.27. The van der Waals surface area contributed by atoms with Gasteiger partial charge in [-0.2, -0.15) is 0 Å². The van der Waals surface area contributed by atoms with Crippen LogP contribution in [0.5, 0.6) is 11.5 Å². The van der Waals surface area contributed by atoms with Crippen molar-refractivity contribution in [2.75, 3.05) is 20.3 Å². The summed E-state index contributed by atoms with van der Waals surface area (Å²) in [6.45, 7) is 4.32. The van der Waals surface area contributed by atoms with Crippen molar-refractivity contribution in [1.82, 2.24) is 10.2 Å². The molecular formula is C24H31FN2O4. The standard InChI is InChI=1S/C24H31FN2O4/c1-4-6-15-26-24(29)21(5-2)27(16-18-11-13-19(30-3)14-12-18)23(28)17-31-22-10-8-7-9-20(22)25/h7-14,21H,4-6,15-17H2,1-3H3,(H,26,29). The quantitative estimate of drug-likeness (QED) is 0.518. The molecule has 0 saturated carbocycles. The third-order valence-corrected chi connectivity index (χ3v) is 4.92. The summed E-state index contributed by atoms with van der Waals surface area (Å²) in [5.41, 5.74) is 0.847. The Bertz CT molecular complexity index is 842. The van der Waals surface area contributed by atoms with Gasteiger partial charge in [-0.1, -0.05) is 44.5 Å². The number of para-hydroxylation sites is 1. The summed E-state index contributed by atoms with van der Waals surface area (Å²) in [5.74, 6) is -0.434. The fourth-order valence-corrected chi connectivity index (χ4v) is 3.14. The molecule has 0 aliphatic carbocycles. The van der Waals surface area contributed by atoms with Crippen molar-refractivity contribution in [3.63, 3.8) is 0 Å². The van der Waals surface area contributed by atoms with Crippen LogP contribution in [0.1, 0.15) is 38.7 Å². The first-order valence-electron chi connectivity index (χ1n) is 10.6. The number of unbranched alkanes of at least 4 members (excludes halogenated alkanes) is 1. The molecule has 2 aromatic carbocycles. The van der Waals surface area contributed by atoms with Gasteiger partial charge in [0.25, 0.3) is 5.91 Å². The number of ether oxygens (including phenoxy) is 2. The molecular weight excluding hydrogens is 399 g/mol. The summed E-state index contributed by atoms with van der Waals surface area (Å²) >= 11 is 0. The van der Waals surface area contributed by atoms with Gasteiger partial charge in [-0.3, -0.25) is 9.59 Å². The Balaban J connectivity index is 2.18. The molecule has 6 nitrogen and oxygen atoms in total. The average Bonchev–Trinajstić information content (AvgIpc) is 2.78. The normalized spacial score (nSPS) is 11.5. The van der Waals surface area contributed by atoms with E-state index >= 15 is 0 Å². The van der Waals surface area contributed by atoms with Gasteiger partial charge in [0.2, 0.25) is 5.91 Å². The number of amides is 2. The highest BCUT2D eigenvalue weighted by Crippen LogP contribution is 2.18. The molecule has 0 bridgehead atoms. The molecule has 0 aliphatic rings. The Morgan fingerprint density at radius 2 is 1.81 bits per heavy atom. The summed E-state index contributed by atoms with van der Waals surface area (Å²) in [6, 6.07) is 12.6. The highest BCUT2D eigenvalue weighted by atomic mass is 19.1. The first kappa shape index (κ1) is 24.2. The minimum Gasteiger partial charge on any atom is -0.497 e. The van der Waals surface area contributed by atoms with E-state index in [2.05, 4.69) is 5.32 Å². The maximum absolute atomic E-state index is 13.9. The fourth-order valence-electron chi connectivity index (χ4n) is 3.14. The van der Waals surface area contributed by atoms with Crippen molar-refractivity contribution in [3.05, 3.63) is 59.9 Å². The van der Waals surface area contributed by atoms with E-state index in [1.54, 1.807) is 31.4 Å². The van der Waals surface area contributed by atoms with E-state index in [0.29, 0.717) is 18.7 Å². The number of hydrogen-bond donors (Lipinski definition) is 1. The molecule has 1 unspecified atom stereocenters. The molecule has 0 spiro atoms. The number of nitrogens with zero attached hydrogens (tertiary/aromatic N) is 1. The van der Waals surface area contributed by atoms with Gasteiger partial charge in [0, 0.05) is 13.1 Å². The van der Waals surface area contributed by atoms with Gasteiger partial charge in [-0.25, -0.2) is 4.39 Å². The zero-order valence-electron chi connectivity index (χ0n) is 18.4. The lowest BCUT2D eigenvalue weighted by Crippen LogP contribution is -2.50. The molecule has 1 N–H and O–H groups in total. The van der Waals surface area contributed by atoms with Gasteiger partial charge in [0.05, 0.1) is 7.11 Å². The second-order valence-electron chi connectivity index (χ2n) is 7.16. The smallest absolute Gasteiger partial charge is 0.261 e. The number of nitrogens with one attached hydrogen (secondary N) is 1. The van der Waals surface area contributed by atoms with E-state index in [1.165, 1.54) is 17.0 Å². The second kappa shape index (κ2) is 12.6. The SMILES string of the molecule is CCCCNC(=O)C(CC)N(Cc1ccc(OC)cc1)C(=O)COc1ccccc1F. The molecule has 0 heterocycles. The van der Waals surface area contributed by atoms with Crippen LogP contribution in [0, 0.1) is 5.82 Å². The Morgan fingerprint density at radius 1 is 1.10 bits per heavy atom. The van der Waals surface area contributed by atoms with Crippen molar-refractivity contribution >= 4 is 11.8 Å². The van der Waals surface area contributed by atoms with E-state index in [9.17, 15) is 14.0 Å². The molecule has 0 aromatic heterocycles. The van der Waals surface area contributed by atoms with Crippen LogP contribution in [0.25, 0.3) is 0 Å². The minimum absolute atomic E-state index is 0.000642. The van der Waals surface area contributed by atoms with Crippen LogP contribution in [0.15, 0.2) is 48.5 Å². The molecule has 2 amide bonds. The van der Waals surface area contributed by atoms with Crippen LogP contribution in [0.4, 0.5) is 4.39 Å². The number of halogens is 1. The lowest BCUT2D eigenvalue weighted by molar-refractivity contribution is -0.143. The molecule has 0 fully saturated rings. The molecule has 2 rings (SSSR count). The molecule has 7 heteroatoms. The zero-order valence-corrected chi connectivity index (χ0v) is 18.4. The van der Waals surface area contributed by atoms with Crippen LogP contribution in [0.3, 0.4) is 0 Å². The zero-order chi connectivity index (χ0) is 22.6. The monoisotopic (exact) mass is 430 g/mol. The number of rotatable bonds is 12. The predicted octanol–water partition coefficient (Wildman–Crippen LogP) is 3.94. The number of methoxy groups -OCH3 is 1. The third-order valence-electron chi connectivity index (χ3n) is 4.92. The van der Waals surface area contributed by atoms with Crippen molar-refractivity contribution in [3.8, 4) is 11.5 Å². The average molecular weight is 431 g/mol. The topological polar surface area (TPSA) is 67.9 Å². The van der Waals surface area contributed by atoms with Crippen molar-refractivity contribution in [1.29, 1.82) is 0 Å². The third kappa shape index (κ3) is 7.27. The molecule has 1 atom stereocenters. The van der Waals surface area contributed by atoms with Gasteiger partial charge in [-0.15, -0.1) is 0 Å². The first-order valence-corrected chi connectivity index (χ1v) is 10.6. The van der Waals surface area contributed by atoms with E-state index in [1.807, 2.05) is 26.0 Å². The van der Waals surface area contributed by atoms with Gasteiger partial charge in [-0.05, 0) is 42.7 Å². The van der Waals surface area contributed by atoms with E-state index in [0.717, 1.165) is 18.4 Å². The summed E-state index contributed by atoms with van der Waals surface area (Å²) in [5, 5.41) is 2.90. The summed E-state index contributed by atoms with van der Waals surface area (Å²) < 4.78 is 24.5. The van der Waals surface area contributed by atoms with E-state index in [-0.39, 0.29) is 24.8 Å². The number of benzene rings is 2. The van der Waals surface area contributed by atoms with Crippen LogP contribution >= 0.6 is 0 Å². The minimum atomic E-state index is -0.657. The Labute approximate surface area is 183 Å². The van der Waals surface area contributed by atoms with Gasteiger partial charge in [0.15, 0.2) is 18.2 Å². The molecule has 31 heavy (non-hydrogen) atoms. The maximum Gasteiger partial charge on any atom is 0.261 e. The first-order chi connectivity index (χ1) is 15.0. The number of carbonyl (C=O) groups is 2. The largest absolute Gasteiger partial charge is 0.497 e. The van der Waals surface area contributed by atoms with Gasteiger partial charge in [0.1, 0.15) is 11.8 Å². The Hall–Kier alpha value is -3.09. The van der Waals surface area contributed by atoms with E-state index in [4.69, 9.17) is 9.47 Å². The van der Waals surface area contributed by atoms with Crippen molar-refractivity contribution < 1.29 is 23.5 Å². The van der Waals surface area contributed by atoms with E-state index < -0.39 is 17.8 Å². The van der Waals surface area contributed by atoms with Gasteiger partial charge >= 0.3 is 0 Å².